The van der Waals surface area contributed by atoms with E-state index in [0.29, 0.717) is 6.10 Å². The zero-order valence-electron chi connectivity index (χ0n) is 15.4. The van der Waals surface area contributed by atoms with Crippen molar-refractivity contribution in [3.63, 3.8) is 0 Å². The van der Waals surface area contributed by atoms with Crippen molar-refractivity contribution >= 4 is 5.96 Å². The van der Waals surface area contributed by atoms with E-state index >= 15 is 0 Å². The predicted octanol–water partition coefficient (Wildman–Crippen LogP) is 3.81. The Morgan fingerprint density at radius 2 is 1.65 bits per heavy atom. The molecule has 1 aliphatic carbocycles. The molecule has 0 aromatic rings. The molecular formula is C19H37N3O. The molecular weight excluding hydrogens is 286 g/mol. The lowest BCUT2D eigenvalue weighted by molar-refractivity contribution is 0.0263. The average molecular weight is 324 g/mol. The van der Waals surface area contributed by atoms with Gasteiger partial charge in [-0.3, -0.25) is 4.99 Å². The molecule has 1 aliphatic heterocycles. The van der Waals surface area contributed by atoms with Crippen molar-refractivity contribution in [2.75, 3.05) is 32.8 Å². The molecule has 1 saturated heterocycles. The Hall–Kier alpha value is -0.770. The summed E-state index contributed by atoms with van der Waals surface area (Å²) >= 11 is 0. The van der Waals surface area contributed by atoms with Crippen LogP contribution in [0.3, 0.4) is 0 Å². The van der Waals surface area contributed by atoms with Crippen LogP contribution >= 0.6 is 0 Å². The van der Waals surface area contributed by atoms with Crippen LogP contribution in [-0.4, -0.2) is 49.7 Å². The van der Waals surface area contributed by atoms with E-state index in [4.69, 9.17) is 9.73 Å². The average Bonchev–Trinajstić information content (AvgIpc) is 2.54. The minimum absolute atomic E-state index is 0.449. The summed E-state index contributed by atoms with van der Waals surface area (Å²) < 4.78 is 5.76. The Bertz CT molecular complexity index is 330. The third-order valence-corrected chi connectivity index (χ3v) is 5.20. The molecule has 0 spiro atoms. The van der Waals surface area contributed by atoms with Gasteiger partial charge in [0.15, 0.2) is 5.96 Å². The molecule has 0 atom stereocenters. The number of nitrogens with one attached hydrogen (secondary N) is 1. The second kappa shape index (κ2) is 10.9. The van der Waals surface area contributed by atoms with Crippen LogP contribution in [-0.2, 0) is 4.74 Å². The minimum Gasteiger partial charge on any atom is -0.378 e. The monoisotopic (exact) mass is 323 g/mol. The van der Waals surface area contributed by atoms with Crippen molar-refractivity contribution in [3.8, 4) is 0 Å². The van der Waals surface area contributed by atoms with E-state index in [1.807, 2.05) is 0 Å². The molecule has 23 heavy (non-hydrogen) atoms. The summed E-state index contributed by atoms with van der Waals surface area (Å²) in [6.45, 7) is 9.19. The Balaban J connectivity index is 1.84. The molecule has 0 bridgehead atoms. The SMILES string of the molecule is CCNC(=NCC1CCCCCCC1)N1CCC(OCC)CC1. The highest BCUT2D eigenvalue weighted by Crippen LogP contribution is 2.22. The van der Waals surface area contributed by atoms with Gasteiger partial charge in [0.1, 0.15) is 0 Å². The maximum atomic E-state index is 5.76. The van der Waals surface area contributed by atoms with Crippen LogP contribution in [0, 0.1) is 5.92 Å². The summed E-state index contributed by atoms with van der Waals surface area (Å²) in [5, 5.41) is 3.50. The lowest BCUT2D eigenvalue weighted by Crippen LogP contribution is -2.47. The summed E-state index contributed by atoms with van der Waals surface area (Å²) in [7, 11) is 0. The van der Waals surface area contributed by atoms with Crippen molar-refractivity contribution < 1.29 is 4.74 Å². The van der Waals surface area contributed by atoms with E-state index in [2.05, 4.69) is 24.1 Å². The molecule has 0 aromatic heterocycles. The summed E-state index contributed by atoms with van der Waals surface area (Å²) in [5.41, 5.74) is 0. The lowest BCUT2D eigenvalue weighted by atomic mass is 9.91. The van der Waals surface area contributed by atoms with Gasteiger partial charge in [0.05, 0.1) is 6.10 Å². The van der Waals surface area contributed by atoms with Gasteiger partial charge < -0.3 is 15.0 Å². The number of guanidine groups is 1. The highest BCUT2D eigenvalue weighted by molar-refractivity contribution is 5.80. The molecule has 2 fully saturated rings. The second-order valence-corrected chi connectivity index (χ2v) is 7.05. The van der Waals surface area contributed by atoms with Gasteiger partial charge in [0.25, 0.3) is 0 Å². The van der Waals surface area contributed by atoms with Gasteiger partial charge in [-0.05, 0) is 45.4 Å². The maximum Gasteiger partial charge on any atom is 0.193 e. The highest BCUT2D eigenvalue weighted by atomic mass is 16.5. The fourth-order valence-electron chi connectivity index (χ4n) is 3.83. The number of hydrogen-bond acceptors (Lipinski definition) is 2. The molecule has 1 saturated carbocycles. The van der Waals surface area contributed by atoms with Gasteiger partial charge in [-0.25, -0.2) is 0 Å². The summed E-state index contributed by atoms with van der Waals surface area (Å²) in [6, 6.07) is 0. The fraction of sp³-hybridized carbons (Fsp3) is 0.947. The first kappa shape index (κ1) is 18.6. The van der Waals surface area contributed by atoms with Crippen molar-refractivity contribution in [3.05, 3.63) is 0 Å². The smallest absolute Gasteiger partial charge is 0.193 e. The Morgan fingerprint density at radius 1 is 1.00 bits per heavy atom. The molecule has 0 radical (unpaired) electrons. The predicted molar refractivity (Wildman–Crippen MR) is 98.0 cm³/mol. The zero-order valence-corrected chi connectivity index (χ0v) is 15.4. The molecule has 4 heteroatoms. The van der Waals surface area contributed by atoms with E-state index < -0.39 is 0 Å². The summed E-state index contributed by atoms with van der Waals surface area (Å²) in [5.74, 6) is 1.93. The summed E-state index contributed by atoms with van der Waals surface area (Å²) in [6.07, 6.45) is 12.5. The van der Waals surface area contributed by atoms with Crippen LogP contribution in [0.25, 0.3) is 0 Å². The molecule has 2 rings (SSSR count). The molecule has 0 unspecified atom stereocenters. The van der Waals surface area contributed by atoms with Crippen LogP contribution in [0.2, 0.25) is 0 Å². The number of piperidine rings is 1. The minimum atomic E-state index is 0.449. The van der Waals surface area contributed by atoms with Crippen LogP contribution < -0.4 is 5.32 Å². The third-order valence-electron chi connectivity index (χ3n) is 5.20. The van der Waals surface area contributed by atoms with E-state index in [1.54, 1.807) is 0 Å². The van der Waals surface area contributed by atoms with Gasteiger partial charge >= 0.3 is 0 Å². The maximum absolute atomic E-state index is 5.76. The molecule has 134 valence electrons. The van der Waals surface area contributed by atoms with Crippen molar-refractivity contribution in [2.24, 2.45) is 10.9 Å². The van der Waals surface area contributed by atoms with Crippen molar-refractivity contribution in [1.29, 1.82) is 0 Å². The van der Waals surface area contributed by atoms with E-state index in [-0.39, 0.29) is 0 Å². The van der Waals surface area contributed by atoms with Gasteiger partial charge in [-0.2, -0.15) is 0 Å². The van der Waals surface area contributed by atoms with Crippen molar-refractivity contribution in [1.82, 2.24) is 10.2 Å². The first-order valence-corrected chi connectivity index (χ1v) is 9.98. The highest BCUT2D eigenvalue weighted by Gasteiger charge is 2.22. The Morgan fingerprint density at radius 3 is 2.26 bits per heavy atom. The first-order valence-electron chi connectivity index (χ1n) is 9.98. The van der Waals surface area contributed by atoms with Crippen LogP contribution in [0.5, 0.6) is 0 Å². The van der Waals surface area contributed by atoms with Crippen LogP contribution in [0.1, 0.15) is 71.6 Å². The standard InChI is InChI=1S/C19H37N3O/c1-3-20-19(22-14-12-18(13-15-22)23-4-2)21-16-17-10-8-6-5-7-9-11-17/h17-18H,3-16H2,1-2H3,(H,20,21). The zero-order chi connectivity index (χ0) is 16.3. The molecule has 1 N–H and O–H groups in total. The van der Waals surface area contributed by atoms with E-state index in [9.17, 15) is 0 Å². The number of aliphatic imine (C=N–C) groups is 1. The van der Waals surface area contributed by atoms with Gasteiger partial charge in [0.2, 0.25) is 0 Å². The Kier molecular flexibility index (Phi) is 8.80. The van der Waals surface area contributed by atoms with Gasteiger partial charge in [-0.1, -0.05) is 32.1 Å². The number of rotatable bonds is 5. The number of hydrogen-bond donors (Lipinski definition) is 1. The molecule has 0 aromatic carbocycles. The van der Waals surface area contributed by atoms with E-state index in [1.165, 1.54) is 44.9 Å². The largest absolute Gasteiger partial charge is 0.378 e. The molecule has 1 heterocycles. The quantitative estimate of drug-likeness (QED) is 0.617. The number of ether oxygens (including phenoxy) is 1. The van der Waals surface area contributed by atoms with Crippen molar-refractivity contribution in [2.45, 2.75) is 77.7 Å². The number of likely N-dealkylation sites (tertiary alicyclic amines) is 1. The van der Waals surface area contributed by atoms with E-state index in [0.717, 1.165) is 57.5 Å². The van der Waals surface area contributed by atoms with Crippen LogP contribution in [0.4, 0.5) is 0 Å². The molecule has 2 aliphatic rings. The first-order chi connectivity index (χ1) is 11.3. The number of nitrogens with zero attached hydrogens (tertiary/aromatic N) is 2. The fourth-order valence-corrected chi connectivity index (χ4v) is 3.83. The normalized spacial score (nSPS) is 22.7. The molecule has 4 nitrogen and oxygen atoms in total. The second-order valence-electron chi connectivity index (χ2n) is 7.05. The van der Waals surface area contributed by atoms with Gasteiger partial charge in [-0.15, -0.1) is 0 Å². The van der Waals surface area contributed by atoms with Gasteiger partial charge in [0, 0.05) is 32.8 Å². The lowest BCUT2D eigenvalue weighted by Gasteiger charge is -2.34. The summed E-state index contributed by atoms with van der Waals surface area (Å²) in [4.78, 5) is 7.43. The van der Waals surface area contributed by atoms with Crippen LogP contribution in [0.15, 0.2) is 4.99 Å². The third kappa shape index (κ3) is 6.70. The Labute approximate surface area is 143 Å². The topological polar surface area (TPSA) is 36.9 Å². The molecule has 0 amide bonds.